The first-order valence-corrected chi connectivity index (χ1v) is 33.9. The molecule has 463 valence electrons. The van der Waals surface area contributed by atoms with E-state index in [1.165, 1.54) is 134 Å². The molecule has 0 nitrogen and oxygen atoms in total. The summed E-state index contributed by atoms with van der Waals surface area (Å²) in [4.78, 5) is 0. The summed E-state index contributed by atoms with van der Waals surface area (Å²) in [6.07, 6.45) is 5.12. The maximum absolute atomic E-state index is 4.26. The monoisotopic (exact) mass is 1200 g/mol. The van der Waals surface area contributed by atoms with Crippen LogP contribution >= 0.6 is 0 Å². The van der Waals surface area contributed by atoms with Crippen LogP contribution in [0.2, 0.25) is 0 Å². The molecule has 0 N–H and O–H groups in total. The van der Waals surface area contributed by atoms with Crippen molar-refractivity contribution in [2.75, 3.05) is 0 Å². The van der Waals surface area contributed by atoms with E-state index in [2.05, 4.69) is 294 Å². The molecule has 4 aromatic rings. The van der Waals surface area contributed by atoms with Crippen molar-refractivity contribution in [1.29, 1.82) is 0 Å². The maximum Gasteiger partial charge on any atom is 0.0381 e. The molecule has 0 aliphatic heterocycles. The zero-order valence-corrected chi connectivity index (χ0v) is 63.0. The first kappa shape index (κ1) is 73.5. The van der Waals surface area contributed by atoms with Gasteiger partial charge in [0.1, 0.15) is 0 Å². The fourth-order valence-corrected chi connectivity index (χ4v) is 12.8. The molecule has 0 atom stereocenters. The zero-order chi connectivity index (χ0) is 63.6. The van der Waals surface area contributed by atoms with Crippen molar-refractivity contribution in [2.45, 2.75) is 293 Å². The van der Waals surface area contributed by atoms with Crippen LogP contribution in [0.1, 0.15) is 383 Å². The van der Waals surface area contributed by atoms with Gasteiger partial charge in [0.25, 0.3) is 0 Å². The summed E-state index contributed by atoms with van der Waals surface area (Å²) >= 11 is 0. The van der Waals surface area contributed by atoms with Gasteiger partial charge >= 0.3 is 0 Å². The van der Waals surface area contributed by atoms with Crippen molar-refractivity contribution >= 4 is 42.1 Å². The van der Waals surface area contributed by atoms with Crippen LogP contribution in [0.3, 0.4) is 0 Å². The average molecular weight is 1200 g/mol. The van der Waals surface area contributed by atoms with E-state index in [0.29, 0.717) is 94.7 Å². The van der Waals surface area contributed by atoms with Crippen LogP contribution in [-0.4, -0.2) is 19.8 Å². The Labute approximate surface area is 540 Å². The van der Waals surface area contributed by atoms with Gasteiger partial charge in [-0.3, -0.25) is 0 Å². The Balaban J connectivity index is 0.000000440. The van der Waals surface area contributed by atoms with Crippen LogP contribution in [0, 0.1) is 35.5 Å². The van der Waals surface area contributed by atoms with Gasteiger partial charge in [0.2, 0.25) is 0 Å². The van der Waals surface area contributed by atoms with E-state index >= 15 is 0 Å². The summed E-state index contributed by atoms with van der Waals surface area (Å²) in [6, 6.07) is 20.0. The summed E-state index contributed by atoms with van der Waals surface area (Å²) in [7, 11) is 0. The van der Waals surface area contributed by atoms with Crippen LogP contribution in [0.4, 0.5) is 0 Å². The van der Waals surface area contributed by atoms with Crippen molar-refractivity contribution in [3.05, 3.63) is 184 Å². The fourth-order valence-electron chi connectivity index (χ4n) is 12.8. The zero-order valence-electron chi connectivity index (χ0n) is 60.6. The molecule has 4 aromatic carbocycles. The van der Waals surface area contributed by atoms with E-state index < -0.39 is 0 Å². The second-order valence-electron chi connectivity index (χ2n) is 30.6. The summed E-state index contributed by atoms with van der Waals surface area (Å²) in [5, 5.41) is 0. The van der Waals surface area contributed by atoms with Gasteiger partial charge in [0, 0.05) is 55.3 Å². The summed E-state index contributed by atoms with van der Waals surface area (Å²) in [6.45, 7) is 75.3. The van der Waals surface area contributed by atoms with Crippen LogP contribution in [0.15, 0.2) is 83.3 Å². The van der Waals surface area contributed by atoms with Crippen molar-refractivity contribution in [3.63, 3.8) is 0 Å². The summed E-state index contributed by atoms with van der Waals surface area (Å²) < 4.78 is 0. The molecule has 0 spiro atoms. The normalized spacial score (nSPS) is 14.7. The van der Waals surface area contributed by atoms with Gasteiger partial charge < -0.3 is 0 Å². The number of hydrogen-bond donors (Lipinski definition) is 0. The molecule has 5 radical (unpaired) electrons. The molecule has 0 saturated carbocycles. The summed E-state index contributed by atoms with van der Waals surface area (Å²) in [5.74, 6) is 9.95. The summed E-state index contributed by atoms with van der Waals surface area (Å²) in [5.41, 5.74) is 39.9. The SMILES string of the molecule is CC(C)[C]1C=C(C(C)C)C(c2c(C(C)C)cc(C(C)C)cc2C(C)C)=C=C1c1c(C(C)C)cc(C(C)C)cc1C(C)C.CC(C)[C]1C=C(C(C)C)C(c2c(C(C)C)cc(C(C)C)cc2C(C)C)=C=C1c1c(C(C)C)cc(C(C)C)cc1C(C)C.[Ga].[HH]. The number of hydrogen-bond acceptors (Lipinski definition) is 0. The molecule has 2 aliphatic carbocycles. The number of rotatable bonds is 20. The quantitative estimate of drug-likeness (QED) is 0.0611. The van der Waals surface area contributed by atoms with E-state index in [0.717, 1.165) is 0 Å². The molecule has 1 heteroatoms. The Morgan fingerprint density at radius 1 is 0.212 bits per heavy atom. The third-order valence-electron chi connectivity index (χ3n) is 18.3. The molecule has 0 saturated heterocycles. The molecular weight excluding hydrogens is 1080 g/mol. The fraction of sp³-hybridized carbons (Fsp3) is 0.571. The Morgan fingerprint density at radius 3 is 0.506 bits per heavy atom. The van der Waals surface area contributed by atoms with E-state index in [9.17, 15) is 0 Å². The van der Waals surface area contributed by atoms with E-state index in [1.807, 2.05) is 0 Å². The topological polar surface area (TPSA) is 0 Å². The minimum Gasteiger partial charge on any atom is -0.107 e. The largest absolute Gasteiger partial charge is 0.107 e. The van der Waals surface area contributed by atoms with Crippen LogP contribution < -0.4 is 0 Å². The predicted molar refractivity (Wildman–Crippen MR) is 385 cm³/mol. The Morgan fingerprint density at radius 2 is 0.376 bits per heavy atom. The molecular formula is C84H124Ga. The molecule has 85 heavy (non-hydrogen) atoms. The molecule has 0 fully saturated rings. The van der Waals surface area contributed by atoms with Gasteiger partial charge in [-0.1, -0.05) is 282 Å². The van der Waals surface area contributed by atoms with Crippen molar-refractivity contribution in [3.8, 4) is 0 Å². The molecule has 2 aliphatic rings. The molecule has 0 aromatic heterocycles. The molecule has 0 unspecified atom stereocenters. The van der Waals surface area contributed by atoms with Gasteiger partial charge in [-0.15, -0.1) is 11.5 Å². The number of allylic oxidation sites excluding steroid dienone is 6. The standard InChI is InChI=1S/2C42H61.Ga.H2/c2*1-23(2)31-17-35(27(9)10)41(36(18-31)28(11)12)39-22-40(34(26(7)8)21-33(39)25(5)6)42-37(29(13)14)19-32(24(3)4)20-38(42)30(15)16;;/h2*17-21,23-30H,1-16H3;;1H. The van der Waals surface area contributed by atoms with E-state index in [1.54, 1.807) is 0 Å². The molecule has 0 heterocycles. The van der Waals surface area contributed by atoms with Crippen LogP contribution in [0.5, 0.6) is 0 Å². The van der Waals surface area contributed by atoms with Gasteiger partial charge in [-0.25, -0.2) is 0 Å². The third kappa shape index (κ3) is 16.5. The van der Waals surface area contributed by atoms with E-state index in [4.69, 9.17) is 0 Å². The Bertz CT molecular complexity index is 2830. The van der Waals surface area contributed by atoms with Crippen LogP contribution in [0.25, 0.3) is 22.3 Å². The average Bonchev–Trinajstić information content (AvgIpc) is 1.37. The first-order chi connectivity index (χ1) is 38.9. The predicted octanol–water partition coefficient (Wildman–Crippen LogP) is 26.5. The maximum atomic E-state index is 4.26. The van der Waals surface area contributed by atoms with Crippen molar-refractivity contribution in [2.24, 2.45) is 23.7 Å². The van der Waals surface area contributed by atoms with Gasteiger partial charge in [-0.05, 0) is 195 Å². The smallest absolute Gasteiger partial charge is 0.0381 e. The third-order valence-corrected chi connectivity index (χ3v) is 18.3. The minimum absolute atomic E-state index is 0. The minimum atomic E-state index is 0. The molecule has 6 rings (SSSR count). The van der Waals surface area contributed by atoms with Gasteiger partial charge in [-0.2, -0.15) is 0 Å². The van der Waals surface area contributed by atoms with Crippen LogP contribution in [-0.2, 0) is 0 Å². The van der Waals surface area contributed by atoms with E-state index in [-0.39, 0.29) is 21.2 Å². The van der Waals surface area contributed by atoms with Gasteiger partial charge in [0.15, 0.2) is 0 Å². The van der Waals surface area contributed by atoms with Gasteiger partial charge in [0.05, 0.1) is 0 Å². The first-order valence-electron chi connectivity index (χ1n) is 33.9. The molecule has 0 bridgehead atoms. The number of benzene rings is 4. The Kier molecular flexibility index (Phi) is 26.4. The van der Waals surface area contributed by atoms with Crippen molar-refractivity contribution < 1.29 is 1.43 Å². The second-order valence-corrected chi connectivity index (χ2v) is 30.6. The molecule has 0 amide bonds. The second kappa shape index (κ2) is 30.5. The van der Waals surface area contributed by atoms with Crippen molar-refractivity contribution in [1.82, 2.24) is 0 Å². The Hall–Kier alpha value is -3.96.